The molecule has 0 bridgehead atoms. The summed E-state index contributed by atoms with van der Waals surface area (Å²) in [6, 6.07) is 14.9. The van der Waals surface area contributed by atoms with E-state index < -0.39 is 0 Å². The average Bonchev–Trinajstić information content (AvgIpc) is 2.69. The number of anilines is 2. The number of rotatable bonds is 10. The maximum Gasteiger partial charge on any atom is 0.237 e. The third-order valence-corrected chi connectivity index (χ3v) is 5.12. The minimum atomic E-state index is -0.253. The molecular weight excluding hydrogens is 372 g/mol. The number of thioether (sulfide) groups is 1. The summed E-state index contributed by atoms with van der Waals surface area (Å²) in [5.41, 5.74) is 1.52. The highest BCUT2D eigenvalue weighted by atomic mass is 32.2. The van der Waals surface area contributed by atoms with E-state index in [-0.39, 0.29) is 17.1 Å². The van der Waals surface area contributed by atoms with Crippen LogP contribution >= 0.6 is 11.8 Å². The zero-order chi connectivity index (χ0) is 20.4. The van der Waals surface area contributed by atoms with Crippen molar-refractivity contribution in [2.45, 2.75) is 50.2 Å². The van der Waals surface area contributed by atoms with Gasteiger partial charge < -0.3 is 15.4 Å². The average molecular weight is 401 g/mol. The number of hydrogen-bond donors (Lipinski definition) is 2. The monoisotopic (exact) mass is 400 g/mol. The van der Waals surface area contributed by atoms with E-state index in [1.165, 1.54) is 11.8 Å². The van der Waals surface area contributed by atoms with Gasteiger partial charge in [-0.2, -0.15) is 0 Å². The van der Waals surface area contributed by atoms with Gasteiger partial charge in [0.25, 0.3) is 0 Å². The van der Waals surface area contributed by atoms with Crippen molar-refractivity contribution in [3.63, 3.8) is 0 Å². The Morgan fingerprint density at radius 2 is 1.57 bits per heavy atom. The summed E-state index contributed by atoms with van der Waals surface area (Å²) in [7, 11) is 0. The standard InChI is InChI=1S/C22H28N2O3S/c1-4-6-7-21(25)23-17-10-14-20(15-11-17)28-16(3)22(26)24-18-8-12-19(13-9-18)27-5-2/h8-16H,4-7H2,1-3H3,(H,23,25)(H,24,26). The first-order valence-corrected chi connectivity index (χ1v) is 10.5. The van der Waals surface area contributed by atoms with E-state index in [9.17, 15) is 9.59 Å². The van der Waals surface area contributed by atoms with Gasteiger partial charge in [0.05, 0.1) is 11.9 Å². The molecule has 0 aliphatic heterocycles. The Morgan fingerprint density at radius 3 is 2.18 bits per heavy atom. The predicted octanol–water partition coefficient (Wildman–Crippen LogP) is 5.33. The van der Waals surface area contributed by atoms with Crippen molar-refractivity contribution in [1.82, 2.24) is 0 Å². The van der Waals surface area contributed by atoms with Crippen molar-refractivity contribution in [3.05, 3.63) is 48.5 Å². The molecule has 2 rings (SSSR count). The van der Waals surface area contributed by atoms with Crippen LogP contribution in [0.25, 0.3) is 0 Å². The fraction of sp³-hybridized carbons (Fsp3) is 0.364. The SMILES string of the molecule is CCCCC(=O)Nc1ccc(SC(C)C(=O)Nc2ccc(OCC)cc2)cc1. The fourth-order valence-electron chi connectivity index (χ4n) is 2.48. The minimum Gasteiger partial charge on any atom is -0.494 e. The quantitative estimate of drug-likeness (QED) is 0.529. The molecule has 2 aromatic carbocycles. The van der Waals surface area contributed by atoms with E-state index in [0.717, 1.165) is 34.9 Å². The van der Waals surface area contributed by atoms with Crippen molar-refractivity contribution in [2.24, 2.45) is 0 Å². The van der Waals surface area contributed by atoms with Gasteiger partial charge in [-0.25, -0.2) is 0 Å². The number of carbonyl (C=O) groups is 2. The third kappa shape index (κ3) is 7.27. The summed E-state index contributed by atoms with van der Waals surface area (Å²) >= 11 is 1.47. The second-order valence-corrected chi connectivity index (χ2v) is 7.80. The Hall–Kier alpha value is -2.47. The van der Waals surface area contributed by atoms with Crippen LogP contribution in [-0.2, 0) is 9.59 Å². The highest BCUT2D eigenvalue weighted by Gasteiger charge is 2.15. The molecule has 6 heteroatoms. The van der Waals surface area contributed by atoms with E-state index >= 15 is 0 Å². The fourth-order valence-corrected chi connectivity index (χ4v) is 3.35. The van der Waals surface area contributed by atoms with Crippen LogP contribution in [0, 0.1) is 0 Å². The topological polar surface area (TPSA) is 67.4 Å². The van der Waals surface area contributed by atoms with E-state index in [0.29, 0.717) is 13.0 Å². The number of nitrogens with one attached hydrogen (secondary N) is 2. The molecule has 0 radical (unpaired) electrons. The number of unbranched alkanes of at least 4 members (excludes halogenated alkanes) is 1. The van der Waals surface area contributed by atoms with Gasteiger partial charge in [0.1, 0.15) is 5.75 Å². The van der Waals surface area contributed by atoms with Crippen LogP contribution in [0.2, 0.25) is 0 Å². The van der Waals surface area contributed by atoms with Crippen molar-refractivity contribution in [3.8, 4) is 5.75 Å². The molecule has 0 saturated heterocycles. The van der Waals surface area contributed by atoms with Crippen LogP contribution < -0.4 is 15.4 Å². The lowest BCUT2D eigenvalue weighted by atomic mass is 10.2. The molecule has 2 amide bonds. The molecule has 0 aromatic heterocycles. The second-order valence-electron chi connectivity index (χ2n) is 6.38. The van der Waals surface area contributed by atoms with Crippen LogP contribution in [0.5, 0.6) is 5.75 Å². The Morgan fingerprint density at radius 1 is 0.964 bits per heavy atom. The lowest BCUT2D eigenvalue weighted by molar-refractivity contribution is -0.116. The van der Waals surface area contributed by atoms with Gasteiger partial charge in [-0.1, -0.05) is 13.3 Å². The van der Waals surface area contributed by atoms with Crippen LogP contribution in [-0.4, -0.2) is 23.7 Å². The third-order valence-electron chi connectivity index (χ3n) is 4.01. The zero-order valence-electron chi connectivity index (χ0n) is 16.7. The highest BCUT2D eigenvalue weighted by Crippen LogP contribution is 2.26. The van der Waals surface area contributed by atoms with E-state index in [1.54, 1.807) is 0 Å². The van der Waals surface area contributed by atoms with E-state index in [4.69, 9.17) is 4.74 Å². The van der Waals surface area contributed by atoms with Gasteiger partial charge in [0.15, 0.2) is 0 Å². The Bertz CT molecular complexity index is 760. The Balaban J connectivity index is 1.84. The summed E-state index contributed by atoms with van der Waals surface area (Å²) in [5.74, 6) is 0.751. The number of hydrogen-bond acceptors (Lipinski definition) is 4. The summed E-state index contributed by atoms with van der Waals surface area (Å²) in [5, 5.41) is 5.55. The van der Waals surface area contributed by atoms with Crippen LogP contribution in [0.4, 0.5) is 11.4 Å². The first kappa shape index (κ1) is 21.8. The van der Waals surface area contributed by atoms with Gasteiger partial charge in [-0.3, -0.25) is 9.59 Å². The largest absolute Gasteiger partial charge is 0.494 e. The molecule has 1 unspecified atom stereocenters. The molecule has 150 valence electrons. The van der Waals surface area contributed by atoms with Gasteiger partial charge >= 0.3 is 0 Å². The van der Waals surface area contributed by atoms with Crippen molar-refractivity contribution >= 4 is 35.0 Å². The molecule has 2 N–H and O–H groups in total. The van der Waals surface area contributed by atoms with Crippen molar-refractivity contribution < 1.29 is 14.3 Å². The maximum absolute atomic E-state index is 12.4. The Labute approximate surface area is 171 Å². The molecule has 0 fully saturated rings. The molecule has 0 aliphatic rings. The van der Waals surface area contributed by atoms with Gasteiger partial charge in [-0.15, -0.1) is 11.8 Å². The van der Waals surface area contributed by atoms with Gasteiger partial charge in [0.2, 0.25) is 11.8 Å². The summed E-state index contributed by atoms with van der Waals surface area (Å²) < 4.78 is 5.40. The lowest BCUT2D eigenvalue weighted by Gasteiger charge is -2.13. The highest BCUT2D eigenvalue weighted by molar-refractivity contribution is 8.00. The van der Waals surface area contributed by atoms with E-state index in [1.807, 2.05) is 62.4 Å². The molecule has 1 atom stereocenters. The summed E-state index contributed by atoms with van der Waals surface area (Å²) in [4.78, 5) is 25.2. The van der Waals surface area contributed by atoms with Gasteiger partial charge in [0, 0.05) is 22.7 Å². The predicted molar refractivity (Wildman–Crippen MR) is 116 cm³/mol. The molecule has 0 aliphatic carbocycles. The second kappa shape index (κ2) is 11.4. The molecular formula is C22H28N2O3S. The van der Waals surface area contributed by atoms with Gasteiger partial charge in [-0.05, 0) is 68.8 Å². The molecule has 0 saturated carbocycles. The van der Waals surface area contributed by atoms with E-state index in [2.05, 4.69) is 17.6 Å². The van der Waals surface area contributed by atoms with Crippen molar-refractivity contribution in [1.29, 1.82) is 0 Å². The first-order valence-electron chi connectivity index (χ1n) is 9.62. The lowest BCUT2D eigenvalue weighted by Crippen LogP contribution is -2.22. The molecule has 5 nitrogen and oxygen atoms in total. The summed E-state index contributed by atoms with van der Waals surface area (Å²) in [6.45, 7) is 6.48. The minimum absolute atomic E-state index is 0.0327. The first-order chi connectivity index (χ1) is 13.5. The number of benzene rings is 2. The number of amides is 2. The smallest absolute Gasteiger partial charge is 0.237 e. The number of carbonyl (C=O) groups excluding carboxylic acids is 2. The molecule has 2 aromatic rings. The maximum atomic E-state index is 12.4. The molecule has 28 heavy (non-hydrogen) atoms. The van der Waals surface area contributed by atoms with Crippen LogP contribution in [0.1, 0.15) is 40.0 Å². The zero-order valence-corrected chi connectivity index (χ0v) is 17.5. The number of ether oxygens (including phenoxy) is 1. The van der Waals surface area contributed by atoms with Crippen LogP contribution in [0.15, 0.2) is 53.4 Å². The molecule has 0 spiro atoms. The summed E-state index contributed by atoms with van der Waals surface area (Å²) in [6.07, 6.45) is 2.43. The van der Waals surface area contributed by atoms with Crippen LogP contribution in [0.3, 0.4) is 0 Å². The normalized spacial score (nSPS) is 11.5. The van der Waals surface area contributed by atoms with Crippen molar-refractivity contribution in [2.75, 3.05) is 17.2 Å². The molecule has 0 heterocycles. The Kier molecular flexibility index (Phi) is 8.88.